The molecule has 2 heterocycles. The number of aryl methyl sites for hydroxylation is 1. The molecule has 1 amide bonds. The molecule has 1 N–H and O–H groups in total. The number of hydrogen-bond acceptors (Lipinski definition) is 4. The molecule has 1 aliphatic rings. The number of likely N-dealkylation sites (tertiary alicyclic amines) is 1. The predicted octanol–water partition coefficient (Wildman–Crippen LogP) is 0.530. The maximum Gasteiger partial charge on any atom is 0.308 e. The highest BCUT2D eigenvalue weighted by Gasteiger charge is 2.32. The van der Waals surface area contributed by atoms with Gasteiger partial charge in [0.2, 0.25) is 0 Å². The first kappa shape index (κ1) is 10.7. The van der Waals surface area contributed by atoms with Gasteiger partial charge in [-0.3, -0.25) is 9.59 Å². The third kappa shape index (κ3) is 1.78. The molecule has 6 heteroatoms. The quantitative estimate of drug-likeness (QED) is 0.792. The third-order valence-corrected chi connectivity index (χ3v) is 2.81. The largest absolute Gasteiger partial charge is 0.481 e. The van der Waals surface area contributed by atoms with E-state index in [-0.39, 0.29) is 12.5 Å². The minimum Gasteiger partial charge on any atom is -0.481 e. The lowest BCUT2D eigenvalue weighted by molar-refractivity contribution is -0.141. The Morgan fingerprint density at radius 2 is 2.38 bits per heavy atom. The summed E-state index contributed by atoms with van der Waals surface area (Å²) in [6.45, 7) is 2.39. The molecule has 1 aromatic rings. The molecule has 0 aromatic carbocycles. The van der Waals surface area contributed by atoms with Crippen LogP contribution in [0.5, 0.6) is 0 Å². The van der Waals surface area contributed by atoms with Crippen molar-refractivity contribution in [2.45, 2.75) is 13.3 Å². The van der Waals surface area contributed by atoms with E-state index in [1.165, 1.54) is 11.1 Å². The van der Waals surface area contributed by atoms with Gasteiger partial charge in [-0.05, 0) is 13.3 Å². The van der Waals surface area contributed by atoms with Gasteiger partial charge in [0, 0.05) is 13.1 Å². The number of aromatic nitrogens is 1. The van der Waals surface area contributed by atoms with Crippen LogP contribution in [0, 0.1) is 12.8 Å². The second-order valence-corrected chi connectivity index (χ2v) is 3.87. The van der Waals surface area contributed by atoms with E-state index in [9.17, 15) is 9.59 Å². The summed E-state index contributed by atoms with van der Waals surface area (Å²) in [5, 5.41) is 12.4. The number of carboxylic acids is 1. The van der Waals surface area contributed by atoms with Gasteiger partial charge in [-0.15, -0.1) is 0 Å². The van der Waals surface area contributed by atoms with Crippen LogP contribution in [-0.2, 0) is 4.79 Å². The fourth-order valence-electron chi connectivity index (χ4n) is 1.82. The molecular weight excluding hydrogens is 212 g/mol. The number of rotatable bonds is 2. The van der Waals surface area contributed by atoms with Crippen molar-refractivity contribution in [3.63, 3.8) is 0 Å². The van der Waals surface area contributed by atoms with E-state index in [0.29, 0.717) is 24.3 Å². The molecule has 0 saturated carbocycles. The first-order valence-electron chi connectivity index (χ1n) is 5.03. The second-order valence-electron chi connectivity index (χ2n) is 3.87. The number of carbonyl (C=O) groups is 2. The summed E-state index contributed by atoms with van der Waals surface area (Å²) in [4.78, 5) is 24.2. The third-order valence-electron chi connectivity index (χ3n) is 2.81. The van der Waals surface area contributed by atoms with Gasteiger partial charge in [-0.1, -0.05) is 5.16 Å². The fourth-order valence-corrected chi connectivity index (χ4v) is 1.82. The van der Waals surface area contributed by atoms with Crippen LogP contribution in [0.4, 0.5) is 0 Å². The average molecular weight is 224 g/mol. The molecule has 1 aliphatic heterocycles. The first-order valence-corrected chi connectivity index (χ1v) is 5.03. The zero-order valence-electron chi connectivity index (χ0n) is 8.84. The zero-order chi connectivity index (χ0) is 11.7. The number of nitrogens with zero attached hydrogens (tertiary/aromatic N) is 2. The Kier molecular flexibility index (Phi) is 2.64. The smallest absolute Gasteiger partial charge is 0.308 e. The lowest BCUT2D eigenvalue weighted by Crippen LogP contribution is -2.30. The molecule has 0 unspecified atom stereocenters. The molecule has 86 valence electrons. The average Bonchev–Trinajstić information content (AvgIpc) is 2.84. The van der Waals surface area contributed by atoms with Gasteiger partial charge in [0.05, 0.1) is 12.1 Å². The lowest BCUT2D eigenvalue weighted by Gasteiger charge is -2.14. The van der Waals surface area contributed by atoms with E-state index in [1.54, 1.807) is 6.92 Å². The highest BCUT2D eigenvalue weighted by molar-refractivity contribution is 5.95. The van der Waals surface area contributed by atoms with Crippen molar-refractivity contribution in [3.05, 3.63) is 17.5 Å². The number of carbonyl (C=O) groups excluding carboxylic acids is 1. The zero-order valence-corrected chi connectivity index (χ0v) is 8.84. The Hall–Kier alpha value is -1.85. The molecule has 1 fully saturated rings. The SMILES string of the molecule is Cc1oncc1C(=O)N1CC[C@H](C(=O)O)C1. The monoisotopic (exact) mass is 224 g/mol. The van der Waals surface area contributed by atoms with E-state index in [1.807, 2.05) is 0 Å². The topological polar surface area (TPSA) is 83.6 Å². The van der Waals surface area contributed by atoms with Crippen molar-refractivity contribution < 1.29 is 19.2 Å². The van der Waals surface area contributed by atoms with Crippen LogP contribution in [-0.4, -0.2) is 40.1 Å². The Labute approximate surface area is 91.8 Å². The number of aliphatic carboxylic acids is 1. The number of amides is 1. The molecule has 1 atom stereocenters. The van der Waals surface area contributed by atoms with Gasteiger partial charge < -0.3 is 14.5 Å². The van der Waals surface area contributed by atoms with Crippen LogP contribution in [0.1, 0.15) is 22.5 Å². The fraction of sp³-hybridized carbons (Fsp3) is 0.500. The molecule has 0 bridgehead atoms. The normalized spacial score (nSPS) is 20.1. The predicted molar refractivity (Wildman–Crippen MR) is 52.9 cm³/mol. The van der Waals surface area contributed by atoms with Crippen LogP contribution in [0.25, 0.3) is 0 Å². The summed E-state index contributed by atoms with van der Waals surface area (Å²) >= 11 is 0. The van der Waals surface area contributed by atoms with Gasteiger partial charge in [-0.2, -0.15) is 0 Å². The van der Waals surface area contributed by atoms with E-state index in [2.05, 4.69) is 5.16 Å². The van der Waals surface area contributed by atoms with Gasteiger partial charge in [0.25, 0.3) is 5.91 Å². The van der Waals surface area contributed by atoms with Gasteiger partial charge in [0.15, 0.2) is 0 Å². The van der Waals surface area contributed by atoms with E-state index in [4.69, 9.17) is 9.63 Å². The van der Waals surface area contributed by atoms with Crippen LogP contribution in [0.3, 0.4) is 0 Å². The summed E-state index contributed by atoms with van der Waals surface area (Å²) < 4.78 is 4.81. The van der Waals surface area contributed by atoms with Crippen molar-refractivity contribution in [1.29, 1.82) is 0 Å². The van der Waals surface area contributed by atoms with Gasteiger partial charge >= 0.3 is 5.97 Å². The Balaban J connectivity index is 2.08. The summed E-state index contributed by atoms with van der Waals surface area (Å²) in [5.41, 5.74) is 0.408. The lowest BCUT2D eigenvalue weighted by atomic mass is 10.1. The second kappa shape index (κ2) is 3.96. The number of carboxylic acid groups (broad SMARTS) is 1. The Morgan fingerprint density at radius 1 is 1.62 bits per heavy atom. The van der Waals surface area contributed by atoms with Crippen molar-refractivity contribution in [2.75, 3.05) is 13.1 Å². The maximum atomic E-state index is 11.9. The summed E-state index contributed by atoms with van der Waals surface area (Å²) in [7, 11) is 0. The molecule has 2 rings (SSSR count). The van der Waals surface area contributed by atoms with Crippen molar-refractivity contribution in [3.8, 4) is 0 Å². The highest BCUT2D eigenvalue weighted by Crippen LogP contribution is 2.19. The van der Waals surface area contributed by atoms with E-state index >= 15 is 0 Å². The Bertz CT molecular complexity index is 426. The van der Waals surface area contributed by atoms with Crippen molar-refractivity contribution in [1.82, 2.24) is 10.1 Å². The maximum absolute atomic E-state index is 11.9. The molecule has 1 aromatic heterocycles. The van der Waals surface area contributed by atoms with Crippen LogP contribution in [0.15, 0.2) is 10.7 Å². The molecule has 0 radical (unpaired) electrons. The number of hydrogen-bond donors (Lipinski definition) is 1. The van der Waals surface area contributed by atoms with Crippen LogP contribution >= 0.6 is 0 Å². The summed E-state index contributed by atoms with van der Waals surface area (Å²) in [6, 6.07) is 0. The van der Waals surface area contributed by atoms with Crippen molar-refractivity contribution >= 4 is 11.9 Å². The molecule has 6 nitrogen and oxygen atoms in total. The molecule has 16 heavy (non-hydrogen) atoms. The van der Waals surface area contributed by atoms with Crippen molar-refractivity contribution in [2.24, 2.45) is 5.92 Å². The van der Waals surface area contributed by atoms with Gasteiger partial charge in [0.1, 0.15) is 11.3 Å². The van der Waals surface area contributed by atoms with E-state index < -0.39 is 11.9 Å². The molecule has 0 spiro atoms. The molecule has 0 aliphatic carbocycles. The standard InChI is InChI=1S/C10H12N2O4/c1-6-8(4-11-16-6)9(13)12-3-2-7(5-12)10(14)15/h4,7H,2-3,5H2,1H3,(H,14,15)/t7-/m0/s1. The van der Waals surface area contributed by atoms with E-state index in [0.717, 1.165) is 0 Å². The highest BCUT2D eigenvalue weighted by atomic mass is 16.5. The minimum atomic E-state index is -0.850. The first-order chi connectivity index (χ1) is 7.59. The van der Waals surface area contributed by atoms with Gasteiger partial charge in [-0.25, -0.2) is 0 Å². The summed E-state index contributed by atoms with van der Waals surface area (Å²) in [5.74, 6) is -1.05. The molecule has 1 saturated heterocycles. The van der Waals surface area contributed by atoms with Crippen LogP contribution in [0.2, 0.25) is 0 Å². The minimum absolute atomic E-state index is 0.206. The Morgan fingerprint density at radius 3 is 2.88 bits per heavy atom. The molecular formula is C10H12N2O4. The summed E-state index contributed by atoms with van der Waals surface area (Å²) in [6.07, 6.45) is 1.87. The van der Waals surface area contributed by atoms with Crippen LogP contribution < -0.4 is 0 Å².